The Balaban J connectivity index is 2.04. The lowest BCUT2D eigenvalue weighted by molar-refractivity contribution is 0.0945. The topological polar surface area (TPSA) is 88.2 Å². The van der Waals surface area contributed by atoms with Gasteiger partial charge in [-0.25, -0.2) is 4.98 Å². The molecule has 2 rings (SSSR count). The number of rotatable bonds is 5. The summed E-state index contributed by atoms with van der Waals surface area (Å²) in [5.41, 5.74) is 7.05. The van der Waals surface area contributed by atoms with Crippen molar-refractivity contribution in [2.45, 2.75) is 13.3 Å². The number of aliphatic hydroxyl groups excluding tert-OH is 1. The van der Waals surface area contributed by atoms with E-state index in [0.29, 0.717) is 23.7 Å². The summed E-state index contributed by atoms with van der Waals surface area (Å²) in [6.07, 6.45) is 0.685. The molecule has 1 unspecified atom stereocenters. The molecule has 0 aliphatic heterocycles. The summed E-state index contributed by atoms with van der Waals surface area (Å²) in [6, 6.07) is 5.34. The van der Waals surface area contributed by atoms with Gasteiger partial charge in [0.15, 0.2) is 5.13 Å². The minimum atomic E-state index is -0.112. The van der Waals surface area contributed by atoms with Gasteiger partial charge in [-0.1, -0.05) is 18.3 Å². The summed E-state index contributed by atoms with van der Waals surface area (Å²) in [4.78, 5) is 16.1. The highest BCUT2D eigenvalue weighted by atomic mass is 32.1. The van der Waals surface area contributed by atoms with Crippen molar-refractivity contribution in [2.75, 3.05) is 18.9 Å². The first-order valence-electron chi connectivity index (χ1n) is 6.15. The van der Waals surface area contributed by atoms with Crippen LogP contribution in [0.3, 0.4) is 0 Å². The number of aromatic nitrogens is 1. The second kappa shape index (κ2) is 5.99. The minimum absolute atomic E-state index is 0.112. The number of hydrogen-bond acceptors (Lipinski definition) is 5. The molecule has 102 valence electrons. The predicted octanol–water partition coefficient (Wildman–Crippen LogP) is 1.63. The molecule has 0 fully saturated rings. The van der Waals surface area contributed by atoms with Gasteiger partial charge in [0, 0.05) is 18.7 Å². The third-order valence-electron chi connectivity index (χ3n) is 2.90. The smallest absolute Gasteiger partial charge is 0.251 e. The van der Waals surface area contributed by atoms with E-state index in [9.17, 15) is 4.79 Å². The Labute approximate surface area is 115 Å². The van der Waals surface area contributed by atoms with E-state index >= 15 is 0 Å². The zero-order valence-corrected chi connectivity index (χ0v) is 11.5. The summed E-state index contributed by atoms with van der Waals surface area (Å²) in [6.45, 7) is 2.69. The van der Waals surface area contributed by atoms with E-state index in [2.05, 4.69) is 10.3 Å². The molecule has 0 saturated heterocycles. The van der Waals surface area contributed by atoms with Crippen LogP contribution in [0.1, 0.15) is 23.7 Å². The van der Waals surface area contributed by atoms with Crippen molar-refractivity contribution >= 4 is 32.6 Å². The van der Waals surface area contributed by atoms with Crippen molar-refractivity contribution in [3.8, 4) is 0 Å². The van der Waals surface area contributed by atoms with Gasteiger partial charge in [-0.15, -0.1) is 0 Å². The molecule has 0 aliphatic rings. The molecule has 1 amide bonds. The van der Waals surface area contributed by atoms with Crippen molar-refractivity contribution < 1.29 is 9.90 Å². The number of nitrogen functional groups attached to an aromatic ring is 1. The van der Waals surface area contributed by atoms with E-state index in [1.165, 1.54) is 11.3 Å². The van der Waals surface area contributed by atoms with Crippen LogP contribution in [0.2, 0.25) is 0 Å². The lowest BCUT2D eigenvalue weighted by Gasteiger charge is -2.11. The molecule has 1 aromatic heterocycles. The van der Waals surface area contributed by atoms with E-state index < -0.39 is 0 Å². The number of thiazole rings is 1. The highest BCUT2D eigenvalue weighted by Crippen LogP contribution is 2.24. The second-order valence-electron chi connectivity index (χ2n) is 4.56. The fourth-order valence-electron chi connectivity index (χ4n) is 1.78. The maximum Gasteiger partial charge on any atom is 0.251 e. The number of nitrogens with zero attached hydrogens (tertiary/aromatic N) is 1. The first kappa shape index (κ1) is 13.8. The molecule has 2 aromatic rings. The molecule has 6 heteroatoms. The van der Waals surface area contributed by atoms with Crippen molar-refractivity contribution in [1.29, 1.82) is 0 Å². The highest BCUT2D eigenvalue weighted by Gasteiger charge is 2.10. The maximum absolute atomic E-state index is 12.0. The third-order valence-corrected chi connectivity index (χ3v) is 3.75. The zero-order valence-electron chi connectivity index (χ0n) is 10.7. The lowest BCUT2D eigenvalue weighted by atomic mass is 10.1. The summed E-state index contributed by atoms with van der Waals surface area (Å²) >= 11 is 1.37. The number of carbonyl (C=O) groups is 1. The van der Waals surface area contributed by atoms with Gasteiger partial charge in [-0.05, 0) is 30.5 Å². The number of anilines is 1. The fraction of sp³-hybridized carbons (Fsp3) is 0.385. The monoisotopic (exact) mass is 279 g/mol. The molecule has 1 heterocycles. The van der Waals surface area contributed by atoms with Gasteiger partial charge in [-0.3, -0.25) is 4.79 Å². The number of nitrogens with one attached hydrogen (secondary N) is 1. The van der Waals surface area contributed by atoms with Gasteiger partial charge in [0.1, 0.15) is 0 Å². The number of benzene rings is 1. The van der Waals surface area contributed by atoms with Crippen molar-refractivity contribution in [1.82, 2.24) is 10.3 Å². The molecular formula is C13H17N3O2S. The van der Waals surface area contributed by atoms with E-state index in [-0.39, 0.29) is 18.4 Å². The van der Waals surface area contributed by atoms with Gasteiger partial charge >= 0.3 is 0 Å². The Hall–Kier alpha value is -1.66. The van der Waals surface area contributed by atoms with Crippen LogP contribution < -0.4 is 11.1 Å². The van der Waals surface area contributed by atoms with Gasteiger partial charge < -0.3 is 16.2 Å². The van der Waals surface area contributed by atoms with E-state index in [1.54, 1.807) is 18.2 Å². The lowest BCUT2D eigenvalue weighted by Crippen LogP contribution is -2.28. The molecular weight excluding hydrogens is 262 g/mol. The quantitative estimate of drug-likeness (QED) is 0.776. The SMILES string of the molecule is CC(CCO)CNC(=O)c1ccc2nc(N)sc2c1. The molecule has 0 radical (unpaired) electrons. The number of hydrogen-bond donors (Lipinski definition) is 3. The van der Waals surface area contributed by atoms with Crippen LogP contribution in [0.15, 0.2) is 18.2 Å². The molecule has 0 aliphatic carbocycles. The summed E-state index contributed by atoms with van der Waals surface area (Å²) < 4.78 is 0.911. The van der Waals surface area contributed by atoms with Gasteiger partial charge in [0.2, 0.25) is 0 Å². The molecule has 0 saturated carbocycles. The van der Waals surface area contributed by atoms with Crippen molar-refractivity contribution in [3.05, 3.63) is 23.8 Å². The normalized spacial score (nSPS) is 12.5. The van der Waals surface area contributed by atoms with Crippen LogP contribution in [0, 0.1) is 5.92 Å². The van der Waals surface area contributed by atoms with Gasteiger partial charge in [0.25, 0.3) is 5.91 Å². The van der Waals surface area contributed by atoms with Crippen molar-refractivity contribution in [2.24, 2.45) is 5.92 Å². The molecule has 0 spiro atoms. The second-order valence-corrected chi connectivity index (χ2v) is 5.62. The van der Waals surface area contributed by atoms with Crippen LogP contribution in [0.4, 0.5) is 5.13 Å². The summed E-state index contributed by atoms with van der Waals surface area (Å²) in [5, 5.41) is 12.2. The standard InChI is InChI=1S/C13H17N3O2S/c1-8(4-5-17)7-15-12(18)9-2-3-10-11(6-9)19-13(14)16-10/h2-3,6,8,17H,4-5,7H2,1H3,(H2,14,16)(H,15,18). The minimum Gasteiger partial charge on any atom is -0.396 e. The maximum atomic E-state index is 12.0. The van der Waals surface area contributed by atoms with Crippen LogP contribution in [-0.2, 0) is 0 Å². The van der Waals surface area contributed by atoms with Gasteiger partial charge in [0.05, 0.1) is 10.2 Å². The number of aliphatic hydroxyl groups is 1. The zero-order chi connectivity index (χ0) is 13.8. The van der Waals surface area contributed by atoms with Crippen molar-refractivity contribution in [3.63, 3.8) is 0 Å². The molecule has 4 N–H and O–H groups in total. The van der Waals surface area contributed by atoms with Gasteiger partial charge in [-0.2, -0.15) is 0 Å². The number of nitrogens with two attached hydrogens (primary N) is 1. The molecule has 5 nitrogen and oxygen atoms in total. The van der Waals surface area contributed by atoms with Crippen LogP contribution in [0.5, 0.6) is 0 Å². The average Bonchev–Trinajstić information content (AvgIpc) is 2.75. The molecule has 1 atom stereocenters. The predicted molar refractivity (Wildman–Crippen MR) is 77.2 cm³/mol. The van der Waals surface area contributed by atoms with E-state index in [1.807, 2.05) is 6.92 Å². The molecule has 1 aromatic carbocycles. The Kier molecular flexibility index (Phi) is 4.34. The summed E-state index contributed by atoms with van der Waals surface area (Å²) in [7, 11) is 0. The highest BCUT2D eigenvalue weighted by molar-refractivity contribution is 7.22. The fourth-order valence-corrected chi connectivity index (χ4v) is 2.55. The average molecular weight is 279 g/mol. The number of fused-ring (bicyclic) bond motifs is 1. The first-order valence-corrected chi connectivity index (χ1v) is 6.97. The third kappa shape index (κ3) is 3.42. The summed E-state index contributed by atoms with van der Waals surface area (Å²) in [5.74, 6) is 0.149. The first-order chi connectivity index (χ1) is 9.10. The Bertz CT molecular complexity index is 582. The Morgan fingerprint density at radius 3 is 3.11 bits per heavy atom. The van der Waals surface area contributed by atoms with E-state index in [4.69, 9.17) is 10.8 Å². The van der Waals surface area contributed by atoms with Crippen LogP contribution in [0.25, 0.3) is 10.2 Å². The van der Waals surface area contributed by atoms with Crippen LogP contribution in [-0.4, -0.2) is 29.1 Å². The largest absolute Gasteiger partial charge is 0.396 e. The molecule has 0 bridgehead atoms. The number of amides is 1. The number of carbonyl (C=O) groups excluding carboxylic acids is 1. The molecule has 19 heavy (non-hydrogen) atoms. The van der Waals surface area contributed by atoms with Crippen LogP contribution >= 0.6 is 11.3 Å². The Morgan fingerprint density at radius 2 is 2.37 bits per heavy atom. The Morgan fingerprint density at radius 1 is 1.58 bits per heavy atom. The van der Waals surface area contributed by atoms with E-state index in [0.717, 1.165) is 10.2 Å².